The van der Waals surface area contributed by atoms with Crippen LogP contribution in [0.25, 0.3) is 0 Å². The SMILES string of the molecule is N#C[C@@H]1CCCN1C(=O)[C@@H]1CC[C@H](COc2c(Cl)ccc3c2COCO3)N1. The van der Waals surface area contributed by atoms with E-state index in [-0.39, 0.29) is 30.8 Å². The summed E-state index contributed by atoms with van der Waals surface area (Å²) >= 11 is 6.30. The molecule has 1 aromatic carbocycles. The molecular weight excluding hydrogens is 370 g/mol. The summed E-state index contributed by atoms with van der Waals surface area (Å²) in [6.07, 6.45) is 3.24. The number of rotatable bonds is 4. The van der Waals surface area contributed by atoms with Gasteiger partial charge in [0.2, 0.25) is 5.91 Å². The average Bonchev–Trinajstić information content (AvgIpc) is 3.36. The minimum atomic E-state index is -0.288. The van der Waals surface area contributed by atoms with E-state index in [9.17, 15) is 10.1 Å². The fourth-order valence-electron chi connectivity index (χ4n) is 3.95. The smallest absolute Gasteiger partial charge is 0.240 e. The summed E-state index contributed by atoms with van der Waals surface area (Å²) < 4.78 is 16.8. The van der Waals surface area contributed by atoms with Gasteiger partial charge in [-0.2, -0.15) is 5.26 Å². The van der Waals surface area contributed by atoms with Crippen LogP contribution < -0.4 is 14.8 Å². The third-order valence-corrected chi connectivity index (χ3v) is 5.66. The van der Waals surface area contributed by atoms with Crippen molar-refractivity contribution in [1.82, 2.24) is 10.2 Å². The van der Waals surface area contributed by atoms with Crippen molar-refractivity contribution in [3.05, 3.63) is 22.7 Å². The molecule has 0 radical (unpaired) electrons. The van der Waals surface area contributed by atoms with Gasteiger partial charge < -0.3 is 19.1 Å². The predicted molar refractivity (Wildman–Crippen MR) is 97.5 cm³/mol. The van der Waals surface area contributed by atoms with E-state index in [1.54, 1.807) is 11.0 Å². The highest BCUT2D eigenvalue weighted by Gasteiger charge is 2.37. The van der Waals surface area contributed by atoms with E-state index in [1.165, 1.54) is 0 Å². The van der Waals surface area contributed by atoms with Gasteiger partial charge in [-0.1, -0.05) is 11.6 Å². The predicted octanol–water partition coefficient (Wildman–Crippen LogP) is 2.22. The molecule has 2 saturated heterocycles. The molecule has 3 atom stereocenters. The monoisotopic (exact) mass is 391 g/mol. The van der Waals surface area contributed by atoms with Crippen LogP contribution in [0.15, 0.2) is 12.1 Å². The molecule has 3 aliphatic rings. The van der Waals surface area contributed by atoms with E-state index in [0.29, 0.717) is 30.5 Å². The minimum Gasteiger partial charge on any atom is -0.490 e. The number of nitriles is 1. The van der Waals surface area contributed by atoms with Gasteiger partial charge in [0.25, 0.3) is 0 Å². The molecule has 2 fully saturated rings. The van der Waals surface area contributed by atoms with Crippen LogP contribution in [0.2, 0.25) is 5.02 Å². The third kappa shape index (κ3) is 3.70. The number of fused-ring (bicyclic) bond motifs is 1. The zero-order chi connectivity index (χ0) is 18.8. The van der Waals surface area contributed by atoms with Gasteiger partial charge in [-0.05, 0) is 37.8 Å². The lowest BCUT2D eigenvalue weighted by atomic mass is 10.1. The van der Waals surface area contributed by atoms with E-state index < -0.39 is 0 Å². The molecule has 3 heterocycles. The Bertz CT molecular complexity index is 766. The molecule has 0 saturated carbocycles. The van der Waals surface area contributed by atoms with E-state index in [1.807, 2.05) is 6.07 Å². The van der Waals surface area contributed by atoms with Crippen LogP contribution in [0.3, 0.4) is 0 Å². The van der Waals surface area contributed by atoms with Crippen molar-refractivity contribution in [2.75, 3.05) is 19.9 Å². The number of ether oxygens (including phenoxy) is 3. The van der Waals surface area contributed by atoms with Crippen molar-refractivity contribution in [2.45, 2.75) is 50.4 Å². The van der Waals surface area contributed by atoms with Crippen LogP contribution in [-0.4, -0.2) is 48.9 Å². The van der Waals surface area contributed by atoms with Gasteiger partial charge in [0, 0.05) is 12.6 Å². The van der Waals surface area contributed by atoms with Crippen molar-refractivity contribution >= 4 is 17.5 Å². The Morgan fingerprint density at radius 3 is 3.15 bits per heavy atom. The first-order valence-electron chi connectivity index (χ1n) is 9.28. The van der Waals surface area contributed by atoms with Crippen LogP contribution in [0.4, 0.5) is 0 Å². The Labute approximate surface area is 163 Å². The normalized spacial score (nSPS) is 27.0. The fraction of sp³-hybridized carbons (Fsp3) is 0.579. The summed E-state index contributed by atoms with van der Waals surface area (Å²) in [5.41, 5.74) is 0.813. The molecule has 0 unspecified atom stereocenters. The first-order chi connectivity index (χ1) is 13.2. The Kier molecular flexibility index (Phi) is 5.39. The number of hydrogen-bond donors (Lipinski definition) is 1. The number of carbonyl (C=O) groups is 1. The maximum absolute atomic E-state index is 12.7. The zero-order valence-electron chi connectivity index (χ0n) is 14.9. The Morgan fingerprint density at radius 2 is 2.30 bits per heavy atom. The first kappa shape index (κ1) is 18.4. The second-order valence-corrected chi connectivity index (χ2v) is 7.49. The van der Waals surface area contributed by atoms with Gasteiger partial charge in [0.1, 0.15) is 24.1 Å². The van der Waals surface area contributed by atoms with E-state index in [2.05, 4.69) is 11.4 Å². The molecule has 4 rings (SSSR count). The largest absolute Gasteiger partial charge is 0.490 e. The summed E-state index contributed by atoms with van der Waals surface area (Å²) in [5, 5.41) is 13.1. The molecule has 27 heavy (non-hydrogen) atoms. The number of likely N-dealkylation sites (tertiary alicyclic amines) is 1. The van der Waals surface area contributed by atoms with Crippen molar-refractivity contribution < 1.29 is 19.0 Å². The number of hydrogen-bond acceptors (Lipinski definition) is 6. The number of benzene rings is 1. The van der Waals surface area contributed by atoms with Crippen molar-refractivity contribution in [3.8, 4) is 17.6 Å². The van der Waals surface area contributed by atoms with Gasteiger partial charge in [-0.3, -0.25) is 10.1 Å². The first-order valence-corrected chi connectivity index (χ1v) is 9.66. The number of nitrogens with zero attached hydrogens (tertiary/aromatic N) is 2. The highest BCUT2D eigenvalue weighted by Crippen LogP contribution is 2.38. The van der Waals surface area contributed by atoms with Crippen molar-refractivity contribution in [1.29, 1.82) is 5.26 Å². The summed E-state index contributed by atoms with van der Waals surface area (Å²) in [7, 11) is 0. The molecule has 144 valence electrons. The molecule has 7 nitrogen and oxygen atoms in total. The number of amides is 1. The maximum atomic E-state index is 12.7. The number of carbonyl (C=O) groups excluding carboxylic acids is 1. The highest BCUT2D eigenvalue weighted by atomic mass is 35.5. The molecule has 1 aromatic rings. The molecule has 0 aliphatic carbocycles. The Morgan fingerprint density at radius 1 is 1.41 bits per heavy atom. The second kappa shape index (κ2) is 7.93. The van der Waals surface area contributed by atoms with E-state index in [4.69, 9.17) is 25.8 Å². The second-order valence-electron chi connectivity index (χ2n) is 7.09. The maximum Gasteiger partial charge on any atom is 0.240 e. The van der Waals surface area contributed by atoms with Crippen LogP contribution in [0, 0.1) is 11.3 Å². The molecule has 0 spiro atoms. The summed E-state index contributed by atoms with van der Waals surface area (Å²) in [6.45, 7) is 1.70. The number of nitrogens with one attached hydrogen (secondary N) is 1. The number of halogens is 1. The molecule has 0 bridgehead atoms. The summed E-state index contributed by atoms with van der Waals surface area (Å²) in [4.78, 5) is 14.4. The van der Waals surface area contributed by atoms with E-state index in [0.717, 1.165) is 37.0 Å². The highest BCUT2D eigenvalue weighted by molar-refractivity contribution is 6.32. The van der Waals surface area contributed by atoms with Crippen LogP contribution >= 0.6 is 11.6 Å². The van der Waals surface area contributed by atoms with Gasteiger partial charge in [-0.15, -0.1) is 0 Å². The molecule has 1 N–H and O–H groups in total. The van der Waals surface area contributed by atoms with Gasteiger partial charge in [0.15, 0.2) is 6.79 Å². The van der Waals surface area contributed by atoms with Gasteiger partial charge in [0.05, 0.1) is 29.3 Å². The van der Waals surface area contributed by atoms with E-state index >= 15 is 0 Å². The third-order valence-electron chi connectivity index (χ3n) is 5.37. The molecule has 8 heteroatoms. The zero-order valence-corrected chi connectivity index (χ0v) is 15.7. The van der Waals surface area contributed by atoms with Crippen molar-refractivity contribution in [2.24, 2.45) is 0 Å². The van der Waals surface area contributed by atoms with Gasteiger partial charge in [-0.25, -0.2) is 0 Å². The summed E-state index contributed by atoms with van der Waals surface area (Å²) in [6, 6.07) is 5.31. The molecule has 3 aliphatic heterocycles. The quantitative estimate of drug-likeness (QED) is 0.847. The summed E-state index contributed by atoms with van der Waals surface area (Å²) in [5.74, 6) is 1.33. The van der Waals surface area contributed by atoms with Crippen molar-refractivity contribution in [3.63, 3.8) is 0 Å². The Hall–Kier alpha value is -2.01. The minimum absolute atomic E-state index is 0.0264. The van der Waals surface area contributed by atoms with Gasteiger partial charge >= 0.3 is 0 Å². The van der Waals surface area contributed by atoms with Crippen LogP contribution in [0.1, 0.15) is 31.2 Å². The topological polar surface area (TPSA) is 83.8 Å². The van der Waals surface area contributed by atoms with Crippen LogP contribution in [-0.2, 0) is 16.1 Å². The molecular formula is C19H22ClN3O4. The molecule has 0 aromatic heterocycles. The lowest BCUT2D eigenvalue weighted by Gasteiger charge is -2.24. The molecule has 1 amide bonds. The fourth-order valence-corrected chi connectivity index (χ4v) is 4.18. The standard InChI is InChI=1S/C19H22ClN3O4/c20-15-4-6-17-14(10-25-11-27-17)18(15)26-9-12-3-5-16(22-12)19(24)23-7-1-2-13(23)8-21/h4,6,12-13,16,22H,1-3,5,7,9-11H2/t12-,13+,16+/m1/s1. The average molecular weight is 392 g/mol. The Balaban J connectivity index is 1.36. The van der Waals surface area contributed by atoms with Crippen LogP contribution in [0.5, 0.6) is 11.5 Å². The lowest BCUT2D eigenvalue weighted by molar-refractivity contribution is -0.133. The lowest BCUT2D eigenvalue weighted by Crippen LogP contribution is -2.47.